The van der Waals surface area contributed by atoms with Gasteiger partial charge in [-0.15, -0.1) is 0 Å². The molecular formula is C10H13N7. The quantitative estimate of drug-likeness (QED) is 0.519. The molecule has 0 saturated heterocycles. The molecule has 0 spiro atoms. The van der Waals surface area contributed by atoms with E-state index in [-0.39, 0.29) is 0 Å². The number of aromatic nitrogens is 4. The van der Waals surface area contributed by atoms with Crippen LogP contribution in [0.25, 0.3) is 0 Å². The molecule has 0 saturated carbocycles. The third kappa shape index (κ3) is 3.08. The van der Waals surface area contributed by atoms with Gasteiger partial charge in [-0.3, -0.25) is 0 Å². The summed E-state index contributed by atoms with van der Waals surface area (Å²) in [5.41, 5.74) is 3.36. The van der Waals surface area contributed by atoms with Crippen molar-refractivity contribution in [1.82, 2.24) is 19.9 Å². The van der Waals surface area contributed by atoms with Crippen molar-refractivity contribution in [3.8, 4) is 0 Å². The molecule has 0 aliphatic rings. The summed E-state index contributed by atoms with van der Waals surface area (Å²) < 4.78 is 0. The van der Waals surface area contributed by atoms with Gasteiger partial charge < -0.3 is 10.7 Å². The maximum absolute atomic E-state index is 5.26. The molecule has 88 valence electrons. The van der Waals surface area contributed by atoms with E-state index in [1.807, 2.05) is 13.0 Å². The average molecular weight is 231 g/mol. The van der Waals surface area contributed by atoms with E-state index >= 15 is 0 Å². The van der Waals surface area contributed by atoms with Crippen LogP contribution in [0, 0.1) is 6.92 Å². The van der Waals surface area contributed by atoms with Crippen LogP contribution in [0.4, 0.5) is 11.6 Å². The Balaban J connectivity index is 2.02. The Morgan fingerprint density at radius 3 is 2.82 bits per heavy atom. The molecule has 7 nitrogen and oxygen atoms in total. The molecule has 0 unspecified atom stereocenters. The van der Waals surface area contributed by atoms with Gasteiger partial charge in [0, 0.05) is 12.3 Å². The normalized spacial score (nSPS) is 10.0. The van der Waals surface area contributed by atoms with E-state index in [0.29, 0.717) is 18.2 Å². The van der Waals surface area contributed by atoms with Crippen LogP contribution in [0.15, 0.2) is 24.7 Å². The number of aryl methyl sites for hydroxylation is 1. The van der Waals surface area contributed by atoms with E-state index in [1.165, 1.54) is 6.33 Å². The first-order chi connectivity index (χ1) is 8.28. The number of hydrogen-bond acceptors (Lipinski definition) is 7. The Morgan fingerprint density at radius 2 is 2.06 bits per heavy atom. The molecule has 0 aromatic carbocycles. The summed E-state index contributed by atoms with van der Waals surface area (Å²) in [5, 5.41) is 3.13. The molecule has 0 atom stereocenters. The lowest BCUT2D eigenvalue weighted by atomic mass is 10.4. The third-order valence-electron chi connectivity index (χ3n) is 2.10. The predicted molar refractivity (Wildman–Crippen MR) is 63.9 cm³/mol. The molecule has 7 heteroatoms. The molecule has 0 amide bonds. The third-order valence-corrected chi connectivity index (χ3v) is 2.10. The van der Waals surface area contributed by atoms with Gasteiger partial charge in [-0.1, -0.05) is 0 Å². The van der Waals surface area contributed by atoms with Gasteiger partial charge in [0.15, 0.2) is 0 Å². The Labute approximate surface area is 98.5 Å². The van der Waals surface area contributed by atoms with Crippen LogP contribution in [0.5, 0.6) is 0 Å². The zero-order valence-corrected chi connectivity index (χ0v) is 9.38. The van der Waals surface area contributed by atoms with Crippen molar-refractivity contribution in [3.63, 3.8) is 0 Å². The first-order valence-electron chi connectivity index (χ1n) is 5.09. The van der Waals surface area contributed by atoms with E-state index in [9.17, 15) is 0 Å². The van der Waals surface area contributed by atoms with Crippen molar-refractivity contribution < 1.29 is 0 Å². The Bertz CT molecular complexity index is 500. The predicted octanol–water partition coefficient (Wildman–Crippen LogP) is 0.473. The van der Waals surface area contributed by atoms with E-state index in [4.69, 9.17) is 5.84 Å². The summed E-state index contributed by atoms with van der Waals surface area (Å²) in [6.07, 6.45) is 3.16. The summed E-state index contributed by atoms with van der Waals surface area (Å²) >= 11 is 0. The van der Waals surface area contributed by atoms with Gasteiger partial charge >= 0.3 is 0 Å². The number of nitrogen functional groups attached to an aromatic ring is 1. The van der Waals surface area contributed by atoms with Gasteiger partial charge in [-0.2, -0.15) is 0 Å². The molecule has 0 aliphatic carbocycles. The molecule has 0 fully saturated rings. The highest BCUT2D eigenvalue weighted by Gasteiger charge is 1.99. The number of nitrogens with two attached hydrogens (primary N) is 1. The van der Waals surface area contributed by atoms with Gasteiger partial charge in [0.25, 0.3) is 0 Å². The van der Waals surface area contributed by atoms with Crippen LogP contribution in [-0.2, 0) is 6.54 Å². The van der Waals surface area contributed by atoms with Crippen LogP contribution in [0.2, 0.25) is 0 Å². The van der Waals surface area contributed by atoms with Crippen molar-refractivity contribution in [2.75, 3.05) is 10.7 Å². The zero-order valence-electron chi connectivity index (χ0n) is 9.38. The van der Waals surface area contributed by atoms with Crippen LogP contribution < -0.4 is 16.6 Å². The SMILES string of the molecule is Cc1nccc(CNc2cc(NN)ncn2)n1. The molecule has 2 aromatic rings. The molecule has 2 heterocycles. The van der Waals surface area contributed by atoms with Crippen LogP contribution in [0.3, 0.4) is 0 Å². The van der Waals surface area contributed by atoms with Gasteiger partial charge in [0.1, 0.15) is 23.8 Å². The van der Waals surface area contributed by atoms with Crippen molar-refractivity contribution >= 4 is 11.6 Å². The topological polar surface area (TPSA) is 102 Å². The Morgan fingerprint density at radius 1 is 1.24 bits per heavy atom. The minimum atomic E-state index is 0.557. The average Bonchev–Trinajstić information content (AvgIpc) is 2.37. The second-order valence-corrected chi connectivity index (χ2v) is 3.38. The molecule has 0 radical (unpaired) electrons. The van der Waals surface area contributed by atoms with Crippen molar-refractivity contribution in [3.05, 3.63) is 36.2 Å². The van der Waals surface area contributed by atoms with Crippen molar-refractivity contribution in [2.45, 2.75) is 13.5 Å². The first-order valence-corrected chi connectivity index (χ1v) is 5.09. The molecule has 2 aromatic heterocycles. The van der Waals surface area contributed by atoms with E-state index in [0.717, 1.165) is 11.5 Å². The lowest BCUT2D eigenvalue weighted by molar-refractivity contribution is 0.947. The summed E-state index contributed by atoms with van der Waals surface area (Å²) in [7, 11) is 0. The number of anilines is 2. The fourth-order valence-corrected chi connectivity index (χ4v) is 1.32. The van der Waals surface area contributed by atoms with Crippen LogP contribution in [0.1, 0.15) is 11.5 Å². The second-order valence-electron chi connectivity index (χ2n) is 3.38. The Kier molecular flexibility index (Phi) is 3.41. The van der Waals surface area contributed by atoms with Crippen molar-refractivity contribution in [2.24, 2.45) is 5.84 Å². The van der Waals surface area contributed by atoms with E-state index in [2.05, 4.69) is 30.7 Å². The van der Waals surface area contributed by atoms with Crippen LogP contribution in [-0.4, -0.2) is 19.9 Å². The molecule has 2 rings (SSSR count). The maximum Gasteiger partial charge on any atom is 0.145 e. The number of hydrazine groups is 1. The molecular weight excluding hydrogens is 218 g/mol. The summed E-state index contributed by atoms with van der Waals surface area (Å²) in [5.74, 6) is 7.25. The fraction of sp³-hybridized carbons (Fsp3) is 0.200. The number of nitrogens with one attached hydrogen (secondary N) is 2. The van der Waals surface area contributed by atoms with Gasteiger partial charge in [-0.05, 0) is 13.0 Å². The van der Waals surface area contributed by atoms with Crippen LogP contribution >= 0.6 is 0 Å². The highest BCUT2D eigenvalue weighted by molar-refractivity contribution is 5.45. The van der Waals surface area contributed by atoms with E-state index < -0.39 is 0 Å². The summed E-state index contributed by atoms with van der Waals surface area (Å²) in [6, 6.07) is 3.57. The fourth-order valence-electron chi connectivity index (χ4n) is 1.32. The zero-order chi connectivity index (χ0) is 12.1. The number of rotatable bonds is 4. The molecule has 4 N–H and O–H groups in total. The van der Waals surface area contributed by atoms with Crippen molar-refractivity contribution in [1.29, 1.82) is 0 Å². The highest BCUT2D eigenvalue weighted by Crippen LogP contribution is 2.08. The lowest BCUT2D eigenvalue weighted by Gasteiger charge is -2.06. The number of nitrogens with zero attached hydrogens (tertiary/aromatic N) is 4. The smallest absolute Gasteiger partial charge is 0.145 e. The minimum absolute atomic E-state index is 0.557. The van der Waals surface area contributed by atoms with Gasteiger partial charge in [-0.25, -0.2) is 25.8 Å². The second kappa shape index (κ2) is 5.17. The van der Waals surface area contributed by atoms with Gasteiger partial charge in [0.2, 0.25) is 0 Å². The standard InChI is InChI=1S/C10H13N7/c1-7-12-3-2-8(16-7)5-13-9-4-10(17-11)15-6-14-9/h2-4,6H,5,11H2,1H3,(H2,13,14,15,17). The molecule has 0 aliphatic heterocycles. The number of hydrogen-bond donors (Lipinski definition) is 3. The summed E-state index contributed by atoms with van der Waals surface area (Å²) in [6.45, 7) is 2.43. The first kappa shape index (κ1) is 11.2. The minimum Gasteiger partial charge on any atom is -0.364 e. The molecule has 17 heavy (non-hydrogen) atoms. The summed E-state index contributed by atoms with van der Waals surface area (Å²) in [4.78, 5) is 16.3. The lowest BCUT2D eigenvalue weighted by Crippen LogP contribution is -2.10. The monoisotopic (exact) mass is 231 g/mol. The maximum atomic E-state index is 5.26. The van der Waals surface area contributed by atoms with E-state index in [1.54, 1.807) is 12.3 Å². The highest BCUT2D eigenvalue weighted by atomic mass is 15.3. The van der Waals surface area contributed by atoms with Gasteiger partial charge in [0.05, 0.1) is 12.2 Å². The Hall–Kier alpha value is -2.28. The largest absolute Gasteiger partial charge is 0.364 e. The molecule has 0 bridgehead atoms.